The molecule has 3 rings (SSSR count). The Labute approximate surface area is 206 Å². The summed E-state index contributed by atoms with van der Waals surface area (Å²) in [5, 5.41) is 0. The van der Waals surface area contributed by atoms with E-state index in [1.807, 2.05) is 0 Å². The topological polar surface area (TPSA) is 54.4 Å². The Bertz CT molecular complexity index is 1120. The van der Waals surface area contributed by atoms with E-state index in [0.717, 1.165) is 16.7 Å². The quantitative estimate of drug-likeness (QED) is 0.158. The summed E-state index contributed by atoms with van der Waals surface area (Å²) in [5.41, 5.74) is 5.77. The minimum absolute atomic E-state index is 0.0535. The lowest BCUT2D eigenvalue weighted by atomic mass is 9.80. The fourth-order valence-electron chi connectivity index (χ4n) is 3.76. The van der Waals surface area contributed by atoms with Gasteiger partial charge in [-0.3, -0.25) is 4.55 Å². The highest BCUT2D eigenvalue weighted by Crippen LogP contribution is 2.46. The summed E-state index contributed by atoms with van der Waals surface area (Å²) in [5.74, 6) is 0. The van der Waals surface area contributed by atoms with E-state index in [0.29, 0.717) is 0 Å². The van der Waals surface area contributed by atoms with Crippen molar-refractivity contribution < 1.29 is 13.0 Å². The van der Waals surface area contributed by atoms with E-state index in [2.05, 4.69) is 113 Å². The maximum Gasteiger partial charge on any atom is 0.294 e. The van der Waals surface area contributed by atoms with Crippen LogP contribution in [0.15, 0.2) is 77.7 Å². The molecule has 0 spiro atoms. The smallest absolute Gasteiger partial charge is 0.282 e. The third-order valence-corrected chi connectivity index (χ3v) is 8.58. The third kappa shape index (κ3) is 5.10. The number of alkyl halides is 1. The standard InChI is InChI=1S/C27H31IO3S/c1-25(2,3)19-7-11-21(12-8-19)27(28,22-13-9-20(10-14-22)26(4,5)6)23-15-17-24(18-16-23)32(29,30)31/h7-18H,1-6H3,(H,29,30,31). The van der Waals surface area contributed by atoms with Crippen molar-refractivity contribution in [3.63, 3.8) is 0 Å². The van der Waals surface area contributed by atoms with Crippen LogP contribution in [0, 0.1) is 0 Å². The molecule has 0 saturated carbocycles. The molecule has 3 aromatic rings. The maximum atomic E-state index is 11.6. The second kappa shape index (κ2) is 8.58. The zero-order chi connectivity index (χ0) is 23.9. The zero-order valence-electron chi connectivity index (χ0n) is 19.5. The molecule has 0 atom stereocenters. The number of halogens is 1. The van der Waals surface area contributed by atoms with Crippen LogP contribution in [0.25, 0.3) is 0 Å². The van der Waals surface area contributed by atoms with Gasteiger partial charge in [-0.25, -0.2) is 0 Å². The van der Waals surface area contributed by atoms with E-state index < -0.39 is 13.5 Å². The number of benzene rings is 3. The van der Waals surface area contributed by atoms with Gasteiger partial charge >= 0.3 is 0 Å². The highest BCUT2D eigenvalue weighted by Gasteiger charge is 2.34. The van der Waals surface area contributed by atoms with Crippen LogP contribution in [-0.2, 0) is 24.4 Å². The van der Waals surface area contributed by atoms with Crippen LogP contribution in [-0.4, -0.2) is 13.0 Å². The molecule has 170 valence electrons. The van der Waals surface area contributed by atoms with Crippen LogP contribution in [0.3, 0.4) is 0 Å². The molecule has 0 fully saturated rings. The summed E-state index contributed by atoms with van der Waals surface area (Å²) >= 11 is 2.46. The summed E-state index contributed by atoms with van der Waals surface area (Å²) in [7, 11) is -4.24. The second-order valence-corrected chi connectivity index (χ2v) is 13.4. The Kier molecular flexibility index (Phi) is 6.68. The van der Waals surface area contributed by atoms with Gasteiger partial charge in [-0.05, 0) is 50.8 Å². The molecule has 0 unspecified atom stereocenters. The van der Waals surface area contributed by atoms with Gasteiger partial charge in [0, 0.05) is 0 Å². The highest BCUT2D eigenvalue weighted by molar-refractivity contribution is 14.1. The van der Waals surface area contributed by atoms with Crippen molar-refractivity contribution in [1.82, 2.24) is 0 Å². The first kappa shape index (κ1) is 24.9. The normalized spacial score (nSPS) is 13.2. The Morgan fingerprint density at radius 1 is 0.562 bits per heavy atom. The van der Waals surface area contributed by atoms with Crippen LogP contribution in [0.4, 0.5) is 0 Å². The average molecular weight is 563 g/mol. The molecule has 0 bridgehead atoms. The zero-order valence-corrected chi connectivity index (χ0v) is 22.5. The molecule has 0 heterocycles. The number of rotatable bonds is 4. The minimum atomic E-state index is -4.24. The summed E-state index contributed by atoms with van der Waals surface area (Å²) in [6.07, 6.45) is 0. The van der Waals surface area contributed by atoms with Gasteiger partial charge in [0.15, 0.2) is 0 Å². The lowest BCUT2D eigenvalue weighted by Crippen LogP contribution is -2.23. The molecule has 0 radical (unpaired) electrons. The molecule has 0 aliphatic heterocycles. The van der Waals surface area contributed by atoms with Crippen molar-refractivity contribution in [2.75, 3.05) is 0 Å². The lowest BCUT2D eigenvalue weighted by molar-refractivity contribution is 0.483. The van der Waals surface area contributed by atoms with Crippen molar-refractivity contribution in [2.24, 2.45) is 0 Å². The molecule has 0 amide bonds. The summed E-state index contributed by atoms with van der Waals surface area (Å²) < 4.78 is 32.0. The van der Waals surface area contributed by atoms with E-state index >= 15 is 0 Å². The summed E-state index contributed by atoms with van der Waals surface area (Å²) in [4.78, 5) is -0.105. The van der Waals surface area contributed by atoms with E-state index in [4.69, 9.17) is 0 Å². The van der Waals surface area contributed by atoms with E-state index in [9.17, 15) is 13.0 Å². The summed E-state index contributed by atoms with van der Waals surface area (Å²) in [6.45, 7) is 13.2. The molecular formula is C27H31IO3S. The fraction of sp³-hybridized carbons (Fsp3) is 0.333. The molecule has 0 aliphatic carbocycles. The molecule has 0 saturated heterocycles. The number of hydrogen-bond donors (Lipinski definition) is 1. The van der Waals surface area contributed by atoms with Gasteiger partial charge in [-0.2, -0.15) is 8.42 Å². The minimum Gasteiger partial charge on any atom is -0.282 e. The van der Waals surface area contributed by atoms with Crippen molar-refractivity contribution in [2.45, 2.75) is 60.7 Å². The van der Waals surface area contributed by atoms with Gasteiger partial charge in [-0.15, -0.1) is 0 Å². The molecule has 3 nitrogen and oxygen atoms in total. The third-order valence-electron chi connectivity index (χ3n) is 5.85. The highest BCUT2D eigenvalue weighted by atomic mass is 127. The molecule has 1 N–H and O–H groups in total. The van der Waals surface area contributed by atoms with Gasteiger partial charge in [0.05, 0.1) is 8.32 Å². The Morgan fingerprint density at radius 3 is 1.06 bits per heavy atom. The predicted octanol–water partition coefficient (Wildman–Crippen LogP) is 7.26. The van der Waals surface area contributed by atoms with Crippen molar-refractivity contribution in [3.8, 4) is 0 Å². The molecule has 0 aliphatic rings. The fourth-order valence-corrected chi connectivity index (χ4v) is 5.32. The van der Waals surface area contributed by atoms with E-state index in [-0.39, 0.29) is 15.7 Å². The van der Waals surface area contributed by atoms with E-state index in [1.54, 1.807) is 12.1 Å². The Balaban J connectivity index is 2.19. The Hall–Kier alpha value is -1.70. The van der Waals surface area contributed by atoms with Crippen LogP contribution < -0.4 is 0 Å². The maximum absolute atomic E-state index is 11.6. The van der Waals surface area contributed by atoms with Gasteiger partial charge in [-0.1, -0.05) is 125 Å². The first-order chi connectivity index (χ1) is 14.6. The van der Waals surface area contributed by atoms with Gasteiger partial charge in [0.1, 0.15) is 0 Å². The van der Waals surface area contributed by atoms with Gasteiger partial charge < -0.3 is 0 Å². The van der Waals surface area contributed by atoms with Crippen LogP contribution in [0.5, 0.6) is 0 Å². The second-order valence-electron chi connectivity index (χ2n) is 10.3. The molecule has 32 heavy (non-hydrogen) atoms. The van der Waals surface area contributed by atoms with Crippen molar-refractivity contribution in [3.05, 3.63) is 101 Å². The van der Waals surface area contributed by atoms with Crippen LogP contribution in [0.1, 0.15) is 69.4 Å². The SMILES string of the molecule is CC(C)(C)c1ccc(C(I)(c2ccc(C(C)(C)C)cc2)c2ccc(S(=O)(=O)O)cc2)cc1. The first-order valence-electron chi connectivity index (χ1n) is 10.6. The molecule has 3 aromatic carbocycles. The van der Waals surface area contributed by atoms with Gasteiger partial charge in [0.2, 0.25) is 0 Å². The average Bonchev–Trinajstić information content (AvgIpc) is 2.71. The van der Waals surface area contributed by atoms with Crippen molar-refractivity contribution in [1.29, 1.82) is 0 Å². The molecule has 0 aromatic heterocycles. The Morgan fingerprint density at radius 2 is 0.812 bits per heavy atom. The monoisotopic (exact) mass is 562 g/mol. The van der Waals surface area contributed by atoms with Gasteiger partial charge in [0.25, 0.3) is 10.1 Å². The van der Waals surface area contributed by atoms with Crippen molar-refractivity contribution >= 4 is 32.7 Å². The molecular weight excluding hydrogens is 531 g/mol. The predicted molar refractivity (Wildman–Crippen MR) is 140 cm³/mol. The largest absolute Gasteiger partial charge is 0.294 e. The summed E-state index contributed by atoms with van der Waals surface area (Å²) in [6, 6.07) is 23.8. The molecule has 5 heteroatoms. The van der Waals surface area contributed by atoms with Crippen LogP contribution >= 0.6 is 22.6 Å². The first-order valence-corrected chi connectivity index (χ1v) is 13.1. The number of hydrogen-bond acceptors (Lipinski definition) is 2. The van der Waals surface area contributed by atoms with E-state index in [1.165, 1.54) is 23.3 Å². The lowest BCUT2D eigenvalue weighted by Gasteiger charge is -2.31. The van der Waals surface area contributed by atoms with Crippen LogP contribution in [0.2, 0.25) is 0 Å².